The number of rotatable bonds is 5. The van der Waals surface area contributed by atoms with Crippen LogP contribution in [0.4, 0.5) is 0 Å². The van der Waals surface area contributed by atoms with E-state index in [2.05, 4.69) is 4.90 Å². The molecule has 2 rings (SSSR count). The SMILES string of the molecule is O=C(CCC1CCCO1)N1CCCCC1CCCl. The van der Waals surface area contributed by atoms with Crippen LogP contribution in [0.2, 0.25) is 0 Å². The second kappa shape index (κ2) is 7.34. The number of carbonyl (C=O) groups excluding carboxylic acids is 1. The topological polar surface area (TPSA) is 29.5 Å². The molecule has 0 saturated carbocycles. The lowest BCUT2D eigenvalue weighted by Crippen LogP contribution is -2.44. The summed E-state index contributed by atoms with van der Waals surface area (Å²) < 4.78 is 5.57. The van der Waals surface area contributed by atoms with Gasteiger partial charge in [-0.15, -0.1) is 11.6 Å². The number of ether oxygens (including phenoxy) is 1. The summed E-state index contributed by atoms with van der Waals surface area (Å²) in [7, 11) is 0. The highest BCUT2D eigenvalue weighted by molar-refractivity contribution is 6.17. The number of piperidine rings is 1. The predicted molar refractivity (Wildman–Crippen MR) is 72.9 cm³/mol. The first-order valence-corrected chi connectivity index (χ1v) is 7.81. The van der Waals surface area contributed by atoms with Crippen molar-refractivity contribution in [3.8, 4) is 0 Å². The molecular formula is C14H24ClNO2. The van der Waals surface area contributed by atoms with E-state index in [4.69, 9.17) is 16.3 Å². The van der Waals surface area contributed by atoms with Crippen LogP contribution in [0.5, 0.6) is 0 Å². The largest absolute Gasteiger partial charge is 0.378 e. The lowest BCUT2D eigenvalue weighted by atomic mass is 9.99. The third-order valence-corrected chi connectivity index (χ3v) is 4.31. The molecule has 3 nitrogen and oxygen atoms in total. The van der Waals surface area contributed by atoms with Crippen molar-refractivity contribution >= 4 is 17.5 Å². The third kappa shape index (κ3) is 3.86. The smallest absolute Gasteiger partial charge is 0.222 e. The lowest BCUT2D eigenvalue weighted by molar-refractivity contribution is -0.135. The second-order valence-corrected chi connectivity index (χ2v) is 5.77. The van der Waals surface area contributed by atoms with Gasteiger partial charge in [-0.1, -0.05) is 0 Å². The molecule has 2 aliphatic rings. The normalized spacial score (nSPS) is 28.6. The van der Waals surface area contributed by atoms with Gasteiger partial charge in [0.05, 0.1) is 6.10 Å². The van der Waals surface area contributed by atoms with Crippen LogP contribution in [0.15, 0.2) is 0 Å². The van der Waals surface area contributed by atoms with E-state index in [0.717, 1.165) is 51.7 Å². The maximum atomic E-state index is 12.3. The Morgan fingerprint density at radius 3 is 2.83 bits per heavy atom. The van der Waals surface area contributed by atoms with Gasteiger partial charge in [0.15, 0.2) is 0 Å². The Morgan fingerprint density at radius 1 is 1.22 bits per heavy atom. The molecule has 2 unspecified atom stereocenters. The molecule has 2 aliphatic heterocycles. The van der Waals surface area contributed by atoms with Crippen LogP contribution in [0.25, 0.3) is 0 Å². The third-order valence-electron chi connectivity index (χ3n) is 4.09. The minimum absolute atomic E-state index is 0.306. The Hall–Kier alpha value is -0.280. The van der Waals surface area contributed by atoms with E-state index in [1.807, 2.05) is 0 Å². The minimum atomic E-state index is 0.306. The molecule has 0 aromatic carbocycles. The van der Waals surface area contributed by atoms with Crippen molar-refractivity contribution in [2.45, 2.75) is 63.5 Å². The fourth-order valence-electron chi connectivity index (χ4n) is 3.06. The maximum absolute atomic E-state index is 12.3. The van der Waals surface area contributed by atoms with Gasteiger partial charge < -0.3 is 9.64 Å². The van der Waals surface area contributed by atoms with Gasteiger partial charge in [-0.2, -0.15) is 0 Å². The molecule has 0 aromatic rings. The number of halogens is 1. The van der Waals surface area contributed by atoms with E-state index in [1.54, 1.807) is 0 Å². The highest BCUT2D eigenvalue weighted by Gasteiger charge is 2.26. The summed E-state index contributed by atoms with van der Waals surface area (Å²) in [5.74, 6) is 0.959. The molecule has 0 aromatic heterocycles. The van der Waals surface area contributed by atoms with Crippen molar-refractivity contribution in [2.75, 3.05) is 19.0 Å². The standard InChI is InChI=1S/C14H24ClNO2/c15-9-8-12-4-1-2-10-16(12)14(17)7-6-13-5-3-11-18-13/h12-13H,1-11H2. The Morgan fingerprint density at radius 2 is 2.11 bits per heavy atom. The summed E-state index contributed by atoms with van der Waals surface area (Å²) in [4.78, 5) is 14.3. The maximum Gasteiger partial charge on any atom is 0.222 e. The van der Waals surface area contributed by atoms with Gasteiger partial charge in [0.25, 0.3) is 0 Å². The molecule has 2 saturated heterocycles. The summed E-state index contributed by atoms with van der Waals surface area (Å²) in [6.45, 7) is 1.79. The average Bonchev–Trinajstić information content (AvgIpc) is 2.90. The summed E-state index contributed by atoms with van der Waals surface area (Å²) >= 11 is 5.83. The lowest BCUT2D eigenvalue weighted by Gasteiger charge is -2.35. The minimum Gasteiger partial charge on any atom is -0.378 e. The number of hydrogen-bond donors (Lipinski definition) is 0. The summed E-state index contributed by atoms with van der Waals surface area (Å²) in [5, 5.41) is 0. The Balaban J connectivity index is 1.77. The van der Waals surface area contributed by atoms with Crippen molar-refractivity contribution in [3.05, 3.63) is 0 Å². The highest BCUT2D eigenvalue weighted by atomic mass is 35.5. The first kappa shape index (κ1) is 14.1. The van der Waals surface area contributed by atoms with Gasteiger partial charge in [0.1, 0.15) is 0 Å². The first-order valence-electron chi connectivity index (χ1n) is 7.28. The van der Waals surface area contributed by atoms with Gasteiger partial charge in [0.2, 0.25) is 5.91 Å². The molecule has 0 radical (unpaired) electrons. The molecular weight excluding hydrogens is 250 g/mol. The number of alkyl halides is 1. The van der Waals surface area contributed by atoms with Crippen molar-refractivity contribution in [1.29, 1.82) is 0 Å². The monoisotopic (exact) mass is 273 g/mol. The molecule has 0 spiro atoms. The van der Waals surface area contributed by atoms with Gasteiger partial charge in [-0.25, -0.2) is 0 Å². The summed E-state index contributed by atoms with van der Waals surface area (Å²) in [5.41, 5.74) is 0. The van der Waals surface area contributed by atoms with E-state index in [0.29, 0.717) is 30.4 Å². The van der Waals surface area contributed by atoms with Crippen LogP contribution in [-0.4, -0.2) is 42.0 Å². The number of nitrogens with zero attached hydrogens (tertiary/aromatic N) is 1. The van der Waals surface area contributed by atoms with E-state index in [1.165, 1.54) is 6.42 Å². The molecule has 1 amide bonds. The van der Waals surface area contributed by atoms with Crippen LogP contribution in [0.3, 0.4) is 0 Å². The molecule has 2 fully saturated rings. The zero-order chi connectivity index (χ0) is 12.8. The van der Waals surface area contributed by atoms with Crippen LogP contribution in [-0.2, 0) is 9.53 Å². The van der Waals surface area contributed by atoms with Crippen molar-refractivity contribution in [1.82, 2.24) is 4.90 Å². The van der Waals surface area contributed by atoms with Gasteiger partial charge >= 0.3 is 0 Å². The van der Waals surface area contributed by atoms with Crippen LogP contribution in [0, 0.1) is 0 Å². The second-order valence-electron chi connectivity index (χ2n) is 5.39. The average molecular weight is 274 g/mol. The molecule has 18 heavy (non-hydrogen) atoms. The zero-order valence-electron chi connectivity index (χ0n) is 11.1. The summed E-state index contributed by atoms with van der Waals surface area (Å²) in [6, 6.07) is 0.383. The molecule has 0 N–H and O–H groups in total. The number of carbonyl (C=O) groups is 1. The number of amides is 1. The Labute approximate surface area is 115 Å². The Kier molecular flexibility index (Phi) is 5.77. The van der Waals surface area contributed by atoms with E-state index >= 15 is 0 Å². The molecule has 2 atom stereocenters. The number of likely N-dealkylation sites (tertiary alicyclic amines) is 1. The summed E-state index contributed by atoms with van der Waals surface area (Å²) in [6.07, 6.45) is 8.57. The van der Waals surface area contributed by atoms with Crippen LogP contribution in [0.1, 0.15) is 51.4 Å². The van der Waals surface area contributed by atoms with Crippen LogP contribution >= 0.6 is 11.6 Å². The fraction of sp³-hybridized carbons (Fsp3) is 0.929. The van der Waals surface area contributed by atoms with Crippen molar-refractivity contribution in [2.24, 2.45) is 0 Å². The van der Waals surface area contributed by atoms with Gasteiger partial charge in [-0.05, 0) is 44.9 Å². The highest BCUT2D eigenvalue weighted by Crippen LogP contribution is 2.23. The van der Waals surface area contributed by atoms with E-state index in [9.17, 15) is 4.79 Å². The number of hydrogen-bond acceptors (Lipinski definition) is 2. The molecule has 104 valence electrons. The van der Waals surface area contributed by atoms with Gasteiger partial charge in [0, 0.05) is 31.5 Å². The predicted octanol–water partition coefficient (Wildman–Crippen LogP) is 2.96. The van der Waals surface area contributed by atoms with E-state index < -0.39 is 0 Å². The fourth-order valence-corrected chi connectivity index (χ4v) is 3.31. The van der Waals surface area contributed by atoms with Crippen molar-refractivity contribution < 1.29 is 9.53 Å². The molecule has 0 aliphatic carbocycles. The molecule has 4 heteroatoms. The van der Waals surface area contributed by atoms with E-state index in [-0.39, 0.29) is 0 Å². The molecule has 2 heterocycles. The van der Waals surface area contributed by atoms with Crippen molar-refractivity contribution in [3.63, 3.8) is 0 Å². The quantitative estimate of drug-likeness (QED) is 0.721. The van der Waals surface area contributed by atoms with Gasteiger partial charge in [-0.3, -0.25) is 4.79 Å². The molecule has 0 bridgehead atoms. The Bertz CT molecular complexity index is 265. The van der Waals surface area contributed by atoms with Crippen LogP contribution < -0.4 is 0 Å². The zero-order valence-corrected chi connectivity index (χ0v) is 11.8. The first-order chi connectivity index (χ1) is 8.81.